The molecule has 4 amide bonds. The third-order valence-electron chi connectivity index (χ3n) is 10.3. The fourth-order valence-electron chi connectivity index (χ4n) is 7.80. The van der Waals surface area contributed by atoms with E-state index in [9.17, 15) is 19.2 Å². The average Bonchev–Trinajstić information content (AvgIpc) is 3.98. The minimum Gasteiger partial charge on any atom is -0.453 e. The number of amides is 4. The lowest BCUT2D eigenvalue weighted by Crippen LogP contribution is -2.52. The predicted molar refractivity (Wildman–Crippen MR) is 211 cm³/mol. The maximum atomic E-state index is 13.8. The molecular weight excluding hydrogens is 741 g/mol. The highest BCUT2D eigenvalue weighted by atomic mass is 32.1. The Kier molecular flexibility index (Phi) is 11.8. The van der Waals surface area contributed by atoms with Gasteiger partial charge in [-0.25, -0.2) is 19.6 Å². The van der Waals surface area contributed by atoms with Gasteiger partial charge in [-0.15, -0.1) is 22.7 Å². The molecule has 16 heteroatoms. The lowest BCUT2D eigenvalue weighted by atomic mass is 10.0. The number of hydrogen-bond donors (Lipinski definition) is 2. The van der Waals surface area contributed by atoms with Gasteiger partial charge in [-0.2, -0.15) is 0 Å². The first-order valence-corrected chi connectivity index (χ1v) is 20.1. The second kappa shape index (κ2) is 16.4. The van der Waals surface area contributed by atoms with Crippen molar-refractivity contribution in [3.63, 3.8) is 0 Å². The molecule has 2 fully saturated rings. The Bertz CT molecular complexity index is 2150. The van der Waals surface area contributed by atoms with Crippen molar-refractivity contribution in [1.82, 2.24) is 39.5 Å². The van der Waals surface area contributed by atoms with Gasteiger partial charge in [0.1, 0.15) is 33.4 Å². The molecule has 2 saturated heterocycles. The van der Waals surface area contributed by atoms with Crippen LogP contribution in [0.15, 0.2) is 12.1 Å². The second-order valence-corrected chi connectivity index (χ2v) is 17.0. The molecule has 0 unspecified atom stereocenters. The smallest absolute Gasteiger partial charge is 0.409 e. The van der Waals surface area contributed by atoms with Gasteiger partial charge in [-0.1, -0.05) is 34.6 Å². The minimum absolute atomic E-state index is 0.0934. The minimum atomic E-state index is -0.650. The van der Waals surface area contributed by atoms with E-state index in [-0.39, 0.29) is 41.7 Å². The van der Waals surface area contributed by atoms with Crippen LogP contribution in [0.2, 0.25) is 0 Å². The third-order valence-corrected chi connectivity index (χ3v) is 12.2. The zero-order chi connectivity index (χ0) is 39.7. The summed E-state index contributed by atoms with van der Waals surface area (Å²) in [6.45, 7) is 11.0. The van der Waals surface area contributed by atoms with Crippen molar-refractivity contribution in [2.45, 2.75) is 78.0 Å². The van der Waals surface area contributed by atoms with E-state index in [0.717, 1.165) is 61.4 Å². The SMILES string of the molecule is COC(=O)N(C)[C@H](C(=O)N1CCC[C@H]1c1nc2sc(C#CC#Cc3cc4[nH]c([C@@H]5C[C@H](C)CN5C(=O)[C@H](C(C)C)N(C)C(=O)OC)nc4s3)cc2[nH]1)C(C)C. The first-order chi connectivity index (χ1) is 26.2. The van der Waals surface area contributed by atoms with E-state index in [0.29, 0.717) is 13.1 Å². The van der Waals surface area contributed by atoms with E-state index in [2.05, 4.69) is 40.6 Å². The molecule has 14 nitrogen and oxygen atoms in total. The number of rotatable bonds is 8. The molecule has 0 aromatic carbocycles. The number of carbonyl (C=O) groups is 4. The topological polar surface area (TPSA) is 157 Å². The van der Waals surface area contributed by atoms with Gasteiger partial charge >= 0.3 is 12.2 Å². The van der Waals surface area contributed by atoms with E-state index >= 15 is 0 Å². The van der Waals surface area contributed by atoms with Gasteiger partial charge in [0.25, 0.3) is 0 Å². The summed E-state index contributed by atoms with van der Waals surface area (Å²) < 4.78 is 9.79. The number of nitrogens with one attached hydrogen (secondary N) is 2. The number of likely N-dealkylation sites (N-methyl/N-ethyl adjacent to an activating group) is 2. The fourth-order valence-corrected chi connectivity index (χ4v) is 9.50. The van der Waals surface area contributed by atoms with Gasteiger partial charge < -0.3 is 29.2 Å². The number of methoxy groups -OCH3 is 2. The van der Waals surface area contributed by atoms with Gasteiger partial charge in [0.05, 0.1) is 47.1 Å². The number of imidazole rings is 2. The number of likely N-dealkylation sites (tertiary alicyclic amines) is 2. The molecule has 292 valence electrons. The monoisotopic (exact) mass is 788 g/mol. The lowest BCUT2D eigenvalue weighted by molar-refractivity contribution is -0.139. The van der Waals surface area contributed by atoms with Crippen LogP contribution in [0.1, 0.15) is 87.4 Å². The summed E-state index contributed by atoms with van der Waals surface area (Å²) in [6.07, 6.45) is 1.31. The number of H-pyrrole nitrogens is 2. The quantitative estimate of drug-likeness (QED) is 0.207. The molecule has 55 heavy (non-hydrogen) atoms. The Morgan fingerprint density at radius 1 is 0.800 bits per heavy atom. The van der Waals surface area contributed by atoms with Crippen LogP contribution in [-0.4, -0.2) is 117 Å². The molecule has 2 aliphatic heterocycles. The highest BCUT2D eigenvalue weighted by molar-refractivity contribution is 7.19. The Morgan fingerprint density at radius 2 is 1.27 bits per heavy atom. The van der Waals surface area contributed by atoms with Gasteiger partial charge in [-0.3, -0.25) is 19.4 Å². The maximum absolute atomic E-state index is 13.8. The van der Waals surface area contributed by atoms with Gasteiger partial charge in [0, 0.05) is 27.2 Å². The van der Waals surface area contributed by atoms with Crippen LogP contribution in [-0.2, 0) is 19.1 Å². The Labute approximate surface area is 328 Å². The molecule has 6 heterocycles. The van der Waals surface area contributed by atoms with Gasteiger partial charge in [0.15, 0.2) is 0 Å². The van der Waals surface area contributed by atoms with Crippen molar-refractivity contribution in [3.05, 3.63) is 33.5 Å². The molecule has 2 N–H and O–H groups in total. The van der Waals surface area contributed by atoms with Crippen LogP contribution in [0.25, 0.3) is 20.7 Å². The van der Waals surface area contributed by atoms with Crippen LogP contribution in [0, 0.1) is 41.4 Å². The van der Waals surface area contributed by atoms with Crippen LogP contribution in [0.4, 0.5) is 9.59 Å². The average molecular weight is 789 g/mol. The van der Waals surface area contributed by atoms with Crippen LogP contribution in [0.5, 0.6) is 0 Å². The van der Waals surface area contributed by atoms with E-state index < -0.39 is 24.3 Å². The van der Waals surface area contributed by atoms with E-state index in [1.807, 2.05) is 49.6 Å². The molecule has 0 aliphatic carbocycles. The summed E-state index contributed by atoms with van der Waals surface area (Å²) in [5.74, 6) is 13.5. The number of aromatic nitrogens is 4. The summed E-state index contributed by atoms with van der Waals surface area (Å²) >= 11 is 2.92. The maximum Gasteiger partial charge on any atom is 0.409 e. The van der Waals surface area contributed by atoms with E-state index in [1.165, 1.54) is 46.7 Å². The second-order valence-electron chi connectivity index (χ2n) is 15.0. The number of carbonyl (C=O) groups excluding carboxylic acids is 4. The zero-order valence-electron chi connectivity index (χ0n) is 32.7. The summed E-state index contributed by atoms with van der Waals surface area (Å²) in [7, 11) is 5.83. The van der Waals surface area contributed by atoms with Crippen molar-refractivity contribution in [2.24, 2.45) is 17.8 Å². The van der Waals surface area contributed by atoms with Gasteiger partial charge in [0.2, 0.25) is 11.8 Å². The van der Waals surface area contributed by atoms with Crippen molar-refractivity contribution in [3.8, 4) is 23.7 Å². The summed E-state index contributed by atoms with van der Waals surface area (Å²) in [5.41, 5.74) is 1.70. The predicted octanol–water partition coefficient (Wildman–Crippen LogP) is 5.98. The molecule has 6 rings (SSSR count). The highest BCUT2D eigenvalue weighted by Gasteiger charge is 2.43. The van der Waals surface area contributed by atoms with Crippen molar-refractivity contribution in [2.75, 3.05) is 41.4 Å². The summed E-state index contributed by atoms with van der Waals surface area (Å²) in [6, 6.07) is 2.17. The van der Waals surface area contributed by atoms with Crippen LogP contribution < -0.4 is 0 Å². The summed E-state index contributed by atoms with van der Waals surface area (Å²) in [5, 5.41) is 0. The Balaban J connectivity index is 1.12. The Morgan fingerprint density at radius 3 is 1.73 bits per heavy atom. The molecule has 4 aromatic rings. The van der Waals surface area contributed by atoms with Crippen molar-refractivity contribution < 1.29 is 28.7 Å². The van der Waals surface area contributed by atoms with Crippen molar-refractivity contribution >= 4 is 67.4 Å². The highest BCUT2D eigenvalue weighted by Crippen LogP contribution is 2.38. The van der Waals surface area contributed by atoms with Crippen LogP contribution >= 0.6 is 22.7 Å². The first kappa shape index (κ1) is 39.6. The fraction of sp³-hybridized carbons (Fsp3) is 0.538. The lowest BCUT2D eigenvalue weighted by Gasteiger charge is -2.34. The third kappa shape index (κ3) is 8.02. The summed E-state index contributed by atoms with van der Waals surface area (Å²) in [4.78, 5) is 78.3. The van der Waals surface area contributed by atoms with Crippen molar-refractivity contribution in [1.29, 1.82) is 0 Å². The molecule has 0 radical (unpaired) electrons. The van der Waals surface area contributed by atoms with E-state index in [1.54, 1.807) is 14.1 Å². The number of aromatic amines is 2. The first-order valence-electron chi connectivity index (χ1n) is 18.5. The number of fused-ring (bicyclic) bond motifs is 2. The molecule has 5 atom stereocenters. The zero-order valence-corrected chi connectivity index (χ0v) is 34.3. The molecule has 0 saturated carbocycles. The molecule has 2 aliphatic rings. The van der Waals surface area contributed by atoms with E-state index in [4.69, 9.17) is 19.4 Å². The number of thiophene rings is 2. The van der Waals surface area contributed by atoms with Crippen LogP contribution in [0.3, 0.4) is 0 Å². The normalized spacial score (nSPS) is 19.3. The largest absolute Gasteiger partial charge is 0.453 e. The number of nitrogens with zero attached hydrogens (tertiary/aromatic N) is 6. The van der Waals surface area contributed by atoms with Gasteiger partial charge in [-0.05, 0) is 72.8 Å². The number of ether oxygens (including phenoxy) is 2. The molecule has 4 aromatic heterocycles. The molecule has 0 bridgehead atoms. The Hall–Kier alpha value is -5.06. The standard InChI is InChI=1S/C39H48N8O6S2/c1-21(2)30(44(6)38(50)52-8)36(48)46-16-12-15-28(46)32-40-26-18-24(54-34(26)42-32)13-10-11-14-25-19-27-35(55-25)43-33(41-27)29-17-23(5)20-47(29)37(49)31(22(3)4)45(7)39(51)53-9/h18-19,21-23,28-31H,12,15-17,20H2,1-9H3,(H,40,42)(H,41,43)/t23-,28-,29-,30-,31-/m0/s1. The molecular formula is C39H48N8O6S2. The molecule has 0 spiro atoms. The number of hydrogen-bond acceptors (Lipinski definition) is 10.